The summed E-state index contributed by atoms with van der Waals surface area (Å²) in [5.41, 5.74) is 0.972. The minimum Gasteiger partial charge on any atom is -0.479 e. The van der Waals surface area contributed by atoms with Gasteiger partial charge in [-0.1, -0.05) is 54.1 Å². The molecule has 2 aromatic rings. The lowest BCUT2D eigenvalue weighted by atomic mass is 10.2. The Morgan fingerprint density at radius 1 is 1.07 bits per heavy atom. The number of carbonyl (C=O) groups is 2. The van der Waals surface area contributed by atoms with Gasteiger partial charge in [-0.15, -0.1) is 0 Å². The molecular weight excluding hydrogens is 366 g/mol. The lowest BCUT2D eigenvalue weighted by Gasteiger charge is -2.26. The third-order valence-corrected chi connectivity index (χ3v) is 4.22. The monoisotopic (exact) mass is 389 g/mol. The Bertz CT molecular complexity index is 751. The summed E-state index contributed by atoms with van der Waals surface area (Å²) in [4.78, 5) is 26.3. The first-order valence-electron chi connectivity index (χ1n) is 8.90. The van der Waals surface area contributed by atoms with Crippen LogP contribution in [0.3, 0.4) is 0 Å². The van der Waals surface area contributed by atoms with Crippen LogP contribution in [0.5, 0.6) is 5.75 Å². The second-order valence-corrected chi connectivity index (χ2v) is 6.40. The highest BCUT2D eigenvalue weighted by atomic mass is 35.5. The maximum absolute atomic E-state index is 12.9. The number of para-hydroxylation sites is 1. The van der Waals surface area contributed by atoms with Crippen molar-refractivity contribution in [1.82, 2.24) is 4.90 Å². The van der Waals surface area contributed by atoms with Crippen molar-refractivity contribution in [3.05, 3.63) is 65.2 Å². The molecule has 0 spiro atoms. The smallest absolute Gasteiger partial charge is 0.307 e. The Balaban J connectivity index is 2.08. The number of halogens is 1. The molecule has 0 aliphatic rings. The van der Waals surface area contributed by atoms with E-state index in [0.717, 1.165) is 5.56 Å². The second-order valence-electron chi connectivity index (χ2n) is 5.99. The van der Waals surface area contributed by atoms with Crippen molar-refractivity contribution < 1.29 is 19.1 Å². The third kappa shape index (κ3) is 6.61. The van der Waals surface area contributed by atoms with Crippen molar-refractivity contribution in [3.63, 3.8) is 0 Å². The van der Waals surface area contributed by atoms with Crippen LogP contribution in [0.1, 0.15) is 25.8 Å². The van der Waals surface area contributed by atoms with E-state index in [9.17, 15) is 9.59 Å². The Labute approximate surface area is 164 Å². The Morgan fingerprint density at radius 2 is 1.74 bits per heavy atom. The van der Waals surface area contributed by atoms with E-state index >= 15 is 0 Å². The molecule has 0 saturated carbocycles. The Morgan fingerprint density at radius 3 is 2.41 bits per heavy atom. The number of amides is 1. The van der Waals surface area contributed by atoms with Gasteiger partial charge in [-0.25, -0.2) is 0 Å². The highest BCUT2D eigenvalue weighted by Crippen LogP contribution is 2.24. The highest BCUT2D eigenvalue weighted by Gasteiger charge is 2.23. The van der Waals surface area contributed by atoms with Crippen molar-refractivity contribution >= 4 is 23.5 Å². The van der Waals surface area contributed by atoms with Gasteiger partial charge >= 0.3 is 5.97 Å². The molecule has 0 saturated heterocycles. The fourth-order valence-electron chi connectivity index (χ4n) is 2.57. The maximum atomic E-state index is 12.9. The number of nitrogens with zero attached hydrogens (tertiary/aromatic N) is 1. The molecule has 0 bridgehead atoms. The zero-order valence-electron chi connectivity index (χ0n) is 15.6. The summed E-state index contributed by atoms with van der Waals surface area (Å²) in [7, 11) is 0. The molecule has 6 heteroatoms. The molecule has 0 aliphatic carbocycles. The van der Waals surface area contributed by atoms with Crippen molar-refractivity contribution in [2.24, 2.45) is 0 Å². The predicted octanol–water partition coefficient (Wildman–Crippen LogP) is 4.09. The standard InChI is InChI=1S/C21H24ClNO4/c1-3-26-20(24)13-14-23(15-17-9-5-4-6-10-17)21(25)16(2)27-19-12-8-7-11-18(19)22/h4-12,16H,3,13-15H2,1-2H3. The fourth-order valence-corrected chi connectivity index (χ4v) is 2.75. The van der Waals surface area contributed by atoms with Gasteiger partial charge in [0.15, 0.2) is 6.10 Å². The third-order valence-electron chi connectivity index (χ3n) is 3.91. The summed E-state index contributed by atoms with van der Waals surface area (Å²) in [6.07, 6.45) is -0.610. The van der Waals surface area contributed by atoms with Gasteiger partial charge in [0, 0.05) is 13.1 Å². The van der Waals surface area contributed by atoms with Gasteiger partial charge in [0.2, 0.25) is 0 Å². The molecule has 0 aliphatic heterocycles. The van der Waals surface area contributed by atoms with Crippen LogP contribution >= 0.6 is 11.6 Å². The number of hydrogen-bond acceptors (Lipinski definition) is 4. The molecule has 27 heavy (non-hydrogen) atoms. The van der Waals surface area contributed by atoms with Gasteiger partial charge in [-0.05, 0) is 31.5 Å². The Kier molecular flexibility index (Phi) is 8.14. The molecule has 0 radical (unpaired) electrons. The van der Waals surface area contributed by atoms with E-state index in [2.05, 4.69) is 0 Å². The molecule has 2 aromatic carbocycles. The van der Waals surface area contributed by atoms with Crippen molar-refractivity contribution in [2.75, 3.05) is 13.2 Å². The van der Waals surface area contributed by atoms with Crippen LogP contribution in [-0.4, -0.2) is 36.0 Å². The number of esters is 1. The molecule has 0 heterocycles. The number of carbonyl (C=O) groups excluding carboxylic acids is 2. The number of ether oxygens (including phenoxy) is 2. The van der Waals surface area contributed by atoms with E-state index in [1.165, 1.54) is 0 Å². The van der Waals surface area contributed by atoms with Crippen LogP contribution in [0.15, 0.2) is 54.6 Å². The number of rotatable bonds is 9. The van der Waals surface area contributed by atoms with Gasteiger partial charge in [0.25, 0.3) is 5.91 Å². The largest absolute Gasteiger partial charge is 0.479 e. The van der Waals surface area contributed by atoms with Gasteiger partial charge in [0.1, 0.15) is 5.75 Å². The summed E-state index contributed by atoms with van der Waals surface area (Å²) in [5.74, 6) is -0.101. The zero-order chi connectivity index (χ0) is 19.6. The predicted molar refractivity (Wildman–Crippen MR) is 105 cm³/mol. The molecule has 0 aromatic heterocycles. The average molecular weight is 390 g/mol. The topological polar surface area (TPSA) is 55.8 Å². The summed E-state index contributed by atoms with van der Waals surface area (Å²) in [5, 5.41) is 0.443. The first-order valence-corrected chi connectivity index (χ1v) is 9.28. The normalized spacial score (nSPS) is 11.5. The average Bonchev–Trinajstić information content (AvgIpc) is 2.67. The molecule has 2 rings (SSSR count). The van der Waals surface area contributed by atoms with E-state index in [4.69, 9.17) is 21.1 Å². The first-order chi connectivity index (χ1) is 13.0. The molecule has 5 nitrogen and oxygen atoms in total. The van der Waals surface area contributed by atoms with Crippen molar-refractivity contribution in [2.45, 2.75) is 32.9 Å². The van der Waals surface area contributed by atoms with Gasteiger partial charge in [-0.3, -0.25) is 9.59 Å². The quantitative estimate of drug-likeness (QED) is 0.606. The van der Waals surface area contributed by atoms with Crippen LogP contribution in [0.25, 0.3) is 0 Å². The molecular formula is C21H24ClNO4. The van der Waals surface area contributed by atoms with E-state index in [1.807, 2.05) is 30.3 Å². The van der Waals surface area contributed by atoms with E-state index in [1.54, 1.807) is 43.0 Å². The zero-order valence-corrected chi connectivity index (χ0v) is 16.3. The van der Waals surface area contributed by atoms with E-state index < -0.39 is 6.10 Å². The van der Waals surface area contributed by atoms with Crippen LogP contribution in [0.2, 0.25) is 5.02 Å². The SMILES string of the molecule is CCOC(=O)CCN(Cc1ccccc1)C(=O)C(C)Oc1ccccc1Cl. The molecule has 0 N–H and O–H groups in total. The second kappa shape index (κ2) is 10.6. The minimum atomic E-state index is -0.740. The highest BCUT2D eigenvalue weighted by molar-refractivity contribution is 6.32. The summed E-state index contributed by atoms with van der Waals surface area (Å²) < 4.78 is 10.7. The number of hydrogen-bond donors (Lipinski definition) is 0. The molecule has 1 atom stereocenters. The summed E-state index contributed by atoms with van der Waals surface area (Å²) in [6.45, 7) is 4.38. The molecule has 1 unspecified atom stereocenters. The maximum Gasteiger partial charge on any atom is 0.307 e. The first kappa shape index (κ1) is 20.8. The molecule has 144 valence electrons. The molecule has 1 amide bonds. The lowest BCUT2D eigenvalue weighted by Crippen LogP contribution is -2.41. The van der Waals surface area contributed by atoms with E-state index in [-0.39, 0.29) is 24.8 Å². The fraction of sp³-hybridized carbons (Fsp3) is 0.333. The Hall–Kier alpha value is -2.53. The van der Waals surface area contributed by atoms with Gasteiger partial charge < -0.3 is 14.4 Å². The number of benzene rings is 2. The lowest BCUT2D eigenvalue weighted by molar-refractivity contribution is -0.145. The van der Waals surface area contributed by atoms with Crippen LogP contribution in [-0.2, 0) is 20.9 Å². The van der Waals surface area contributed by atoms with E-state index in [0.29, 0.717) is 23.9 Å². The van der Waals surface area contributed by atoms with Crippen LogP contribution < -0.4 is 4.74 Å². The van der Waals surface area contributed by atoms with Crippen LogP contribution in [0, 0.1) is 0 Å². The summed E-state index contributed by atoms with van der Waals surface area (Å²) in [6, 6.07) is 16.6. The minimum absolute atomic E-state index is 0.130. The van der Waals surface area contributed by atoms with Gasteiger partial charge in [-0.2, -0.15) is 0 Å². The van der Waals surface area contributed by atoms with Crippen molar-refractivity contribution in [3.8, 4) is 5.75 Å². The molecule has 0 fully saturated rings. The van der Waals surface area contributed by atoms with Gasteiger partial charge in [0.05, 0.1) is 18.1 Å². The van der Waals surface area contributed by atoms with Crippen LogP contribution in [0.4, 0.5) is 0 Å². The van der Waals surface area contributed by atoms with Crippen molar-refractivity contribution in [1.29, 1.82) is 0 Å². The summed E-state index contributed by atoms with van der Waals surface area (Å²) >= 11 is 6.11.